The van der Waals surface area contributed by atoms with Crippen LogP contribution in [0.4, 0.5) is 8.78 Å². The minimum absolute atomic E-state index is 0.0412. The van der Waals surface area contributed by atoms with Crippen LogP contribution < -0.4 is 9.47 Å². The molecule has 1 aliphatic rings. The highest BCUT2D eigenvalue weighted by Crippen LogP contribution is 2.31. The van der Waals surface area contributed by atoms with Crippen LogP contribution in [0.1, 0.15) is 52.4 Å². The van der Waals surface area contributed by atoms with Crippen molar-refractivity contribution in [3.63, 3.8) is 0 Å². The van der Waals surface area contributed by atoms with Crippen molar-refractivity contribution in [2.24, 2.45) is 5.92 Å². The van der Waals surface area contributed by atoms with Gasteiger partial charge in [-0.1, -0.05) is 38.8 Å². The smallest absolute Gasteiger partial charge is 0.201 e. The predicted octanol–water partition coefficient (Wildman–Crippen LogP) is 6.78. The summed E-state index contributed by atoms with van der Waals surface area (Å²) < 4.78 is 46.0. The van der Waals surface area contributed by atoms with Crippen LogP contribution in [-0.4, -0.2) is 25.9 Å². The first-order valence-electron chi connectivity index (χ1n) is 11.1. The largest absolute Gasteiger partial charge is 0.493 e. The average molecular weight is 419 g/mol. The van der Waals surface area contributed by atoms with Crippen LogP contribution in [0.3, 0.4) is 0 Å². The van der Waals surface area contributed by atoms with Crippen LogP contribution in [0.5, 0.6) is 11.5 Å². The van der Waals surface area contributed by atoms with E-state index in [2.05, 4.69) is 6.92 Å². The Morgan fingerprint density at radius 2 is 1.73 bits per heavy atom. The molecule has 2 aromatic rings. The molecule has 0 aliphatic carbocycles. The Kier molecular flexibility index (Phi) is 8.50. The molecule has 3 nitrogen and oxygen atoms in total. The van der Waals surface area contributed by atoms with Crippen LogP contribution in [0, 0.1) is 17.6 Å². The fraction of sp³-hybridized carbons (Fsp3) is 0.520. The summed E-state index contributed by atoms with van der Waals surface area (Å²) in [5, 5.41) is 0. The van der Waals surface area contributed by atoms with Gasteiger partial charge in [0.1, 0.15) is 5.75 Å². The molecule has 0 radical (unpaired) electrons. The fourth-order valence-electron chi connectivity index (χ4n) is 3.68. The van der Waals surface area contributed by atoms with Gasteiger partial charge in [0.15, 0.2) is 11.6 Å². The lowest BCUT2D eigenvalue weighted by atomic mass is 9.97. The van der Waals surface area contributed by atoms with Gasteiger partial charge in [-0.05, 0) is 55.5 Å². The van der Waals surface area contributed by atoms with E-state index in [1.165, 1.54) is 6.07 Å². The summed E-state index contributed by atoms with van der Waals surface area (Å²) in [7, 11) is 0. The molecule has 1 heterocycles. The third kappa shape index (κ3) is 5.94. The molecule has 5 heteroatoms. The van der Waals surface area contributed by atoms with Gasteiger partial charge in [-0.15, -0.1) is 0 Å². The predicted molar refractivity (Wildman–Crippen MR) is 115 cm³/mol. The Morgan fingerprint density at radius 1 is 0.933 bits per heavy atom. The number of unbranched alkanes of at least 4 members (excludes halogenated alkanes) is 1. The third-order valence-electron chi connectivity index (χ3n) is 5.53. The summed E-state index contributed by atoms with van der Waals surface area (Å²) in [6.45, 7) is 5.91. The van der Waals surface area contributed by atoms with Gasteiger partial charge in [0.2, 0.25) is 5.82 Å². The fourth-order valence-corrected chi connectivity index (χ4v) is 3.68. The van der Waals surface area contributed by atoms with Crippen molar-refractivity contribution in [1.29, 1.82) is 0 Å². The molecule has 1 aliphatic heterocycles. The lowest BCUT2D eigenvalue weighted by Crippen LogP contribution is -2.29. The standard InChI is InChI=1S/C25H32F2O3/c1-3-5-15-28-23-14-13-22(24(26)25(23)27)19-8-11-21(12-9-19)30-17-18-7-10-20(6-4-2)29-16-18/h8-9,11-14,18,20H,3-7,10,15-17H2,1-2H3. The van der Waals surface area contributed by atoms with Gasteiger partial charge in [0.25, 0.3) is 0 Å². The van der Waals surface area contributed by atoms with Gasteiger partial charge in [0, 0.05) is 11.5 Å². The highest BCUT2D eigenvalue weighted by atomic mass is 19.2. The summed E-state index contributed by atoms with van der Waals surface area (Å²) in [5.41, 5.74) is 0.812. The maximum Gasteiger partial charge on any atom is 0.201 e. The van der Waals surface area contributed by atoms with E-state index in [1.54, 1.807) is 30.3 Å². The molecule has 2 unspecified atom stereocenters. The molecule has 0 N–H and O–H groups in total. The van der Waals surface area contributed by atoms with E-state index in [9.17, 15) is 8.78 Å². The van der Waals surface area contributed by atoms with Crippen LogP contribution >= 0.6 is 0 Å². The summed E-state index contributed by atoms with van der Waals surface area (Å²) in [5.74, 6) is -0.763. The first kappa shape index (κ1) is 22.5. The number of halogens is 2. The average Bonchev–Trinajstić information content (AvgIpc) is 2.77. The number of benzene rings is 2. The molecule has 30 heavy (non-hydrogen) atoms. The molecule has 0 saturated carbocycles. The van der Waals surface area contributed by atoms with Crippen LogP contribution in [0.2, 0.25) is 0 Å². The molecule has 164 valence electrons. The highest BCUT2D eigenvalue weighted by molar-refractivity contribution is 5.66. The topological polar surface area (TPSA) is 27.7 Å². The summed E-state index contributed by atoms with van der Waals surface area (Å²) >= 11 is 0. The molecular weight excluding hydrogens is 386 g/mol. The summed E-state index contributed by atoms with van der Waals surface area (Å²) in [4.78, 5) is 0. The van der Waals surface area contributed by atoms with Crippen molar-refractivity contribution < 1.29 is 23.0 Å². The monoisotopic (exact) mass is 418 g/mol. The van der Waals surface area contributed by atoms with Crippen molar-refractivity contribution in [2.45, 2.75) is 58.5 Å². The Bertz CT molecular complexity index is 784. The Hall–Kier alpha value is -2.14. The van der Waals surface area contributed by atoms with Gasteiger partial charge in [-0.3, -0.25) is 0 Å². The van der Waals surface area contributed by atoms with E-state index in [0.29, 0.717) is 30.8 Å². The van der Waals surface area contributed by atoms with Crippen molar-refractivity contribution in [3.8, 4) is 22.6 Å². The zero-order chi connectivity index (χ0) is 21.3. The van der Waals surface area contributed by atoms with E-state index in [-0.39, 0.29) is 11.3 Å². The maximum absolute atomic E-state index is 14.5. The van der Waals surface area contributed by atoms with Crippen molar-refractivity contribution in [2.75, 3.05) is 19.8 Å². The molecule has 0 aromatic heterocycles. The Morgan fingerprint density at radius 3 is 2.40 bits per heavy atom. The van der Waals surface area contributed by atoms with Gasteiger partial charge in [-0.2, -0.15) is 4.39 Å². The van der Waals surface area contributed by atoms with E-state index in [1.807, 2.05) is 6.92 Å². The number of rotatable bonds is 10. The van der Waals surface area contributed by atoms with E-state index < -0.39 is 11.6 Å². The summed E-state index contributed by atoms with van der Waals surface area (Å²) in [6.07, 6.45) is 6.60. The van der Waals surface area contributed by atoms with Gasteiger partial charge in [0.05, 0.1) is 25.9 Å². The molecule has 0 bridgehead atoms. The third-order valence-corrected chi connectivity index (χ3v) is 5.53. The molecular formula is C25H32F2O3. The second-order valence-corrected chi connectivity index (χ2v) is 7.96. The van der Waals surface area contributed by atoms with Crippen molar-refractivity contribution in [1.82, 2.24) is 0 Å². The Labute approximate surface area is 178 Å². The van der Waals surface area contributed by atoms with E-state index in [4.69, 9.17) is 14.2 Å². The van der Waals surface area contributed by atoms with Crippen LogP contribution in [0.15, 0.2) is 36.4 Å². The molecule has 1 saturated heterocycles. The lowest BCUT2D eigenvalue weighted by molar-refractivity contribution is -0.0306. The molecule has 2 aromatic carbocycles. The number of hydrogen-bond donors (Lipinski definition) is 0. The number of hydrogen-bond acceptors (Lipinski definition) is 3. The van der Waals surface area contributed by atoms with Crippen molar-refractivity contribution >= 4 is 0 Å². The normalized spacial score (nSPS) is 18.9. The first-order valence-corrected chi connectivity index (χ1v) is 11.1. The molecule has 0 spiro atoms. The summed E-state index contributed by atoms with van der Waals surface area (Å²) in [6, 6.07) is 10.1. The van der Waals surface area contributed by atoms with Gasteiger partial charge >= 0.3 is 0 Å². The number of ether oxygens (including phenoxy) is 3. The zero-order valence-electron chi connectivity index (χ0n) is 18.0. The minimum Gasteiger partial charge on any atom is -0.493 e. The minimum atomic E-state index is -0.942. The van der Waals surface area contributed by atoms with Crippen LogP contribution in [-0.2, 0) is 4.74 Å². The molecule has 0 amide bonds. The quantitative estimate of drug-likeness (QED) is 0.398. The van der Waals surface area contributed by atoms with Crippen LogP contribution in [0.25, 0.3) is 11.1 Å². The van der Waals surface area contributed by atoms with Crippen molar-refractivity contribution in [3.05, 3.63) is 48.0 Å². The maximum atomic E-state index is 14.5. The SMILES string of the molecule is CCCCOc1ccc(-c2ccc(OCC3CCC(CCC)OC3)cc2)c(F)c1F. The Balaban J connectivity index is 1.56. The zero-order valence-corrected chi connectivity index (χ0v) is 18.0. The second-order valence-electron chi connectivity index (χ2n) is 7.96. The first-order chi connectivity index (χ1) is 14.6. The second kappa shape index (κ2) is 11.3. The van der Waals surface area contributed by atoms with E-state index in [0.717, 1.165) is 50.9 Å². The lowest BCUT2D eigenvalue weighted by Gasteiger charge is -2.28. The van der Waals surface area contributed by atoms with Gasteiger partial charge < -0.3 is 14.2 Å². The van der Waals surface area contributed by atoms with Gasteiger partial charge in [-0.25, -0.2) is 4.39 Å². The molecule has 2 atom stereocenters. The molecule has 3 rings (SSSR count). The molecule has 1 fully saturated rings. The highest BCUT2D eigenvalue weighted by Gasteiger charge is 2.21. The van der Waals surface area contributed by atoms with E-state index >= 15 is 0 Å².